The Morgan fingerprint density at radius 2 is 2.22 bits per heavy atom. The van der Waals surface area contributed by atoms with Gasteiger partial charge in [-0.25, -0.2) is 4.39 Å². The zero-order valence-corrected chi connectivity index (χ0v) is 16.2. The molecule has 1 unspecified atom stereocenters. The van der Waals surface area contributed by atoms with Gasteiger partial charge in [0, 0.05) is 50.1 Å². The molecule has 2 aromatic rings. The molecule has 3 rings (SSSR count). The van der Waals surface area contributed by atoms with Gasteiger partial charge in [-0.2, -0.15) is 5.10 Å². The molecule has 0 saturated carbocycles. The maximum absolute atomic E-state index is 13.8. The SMILES string of the molecule is COCCN(C)C1CCc2c(c(C(=O)NCc3ccccc3F)nn2C)C1. The Balaban J connectivity index is 1.72. The molecule has 1 aliphatic carbocycles. The molecule has 1 aromatic carbocycles. The molecule has 146 valence electrons. The van der Waals surface area contributed by atoms with Gasteiger partial charge in [0.2, 0.25) is 0 Å². The van der Waals surface area contributed by atoms with Crippen molar-refractivity contribution in [1.29, 1.82) is 0 Å². The van der Waals surface area contributed by atoms with E-state index in [-0.39, 0.29) is 18.3 Å². The van der Waals surface area contributed by atoms with Crippen LogP contribution in [-0.2, 0) is 31.2 Å². The molecular formula is C20H27FN4O2. The number of carbonyl (C=O) groups excluding carboxylic acids is 1. The Morgan fingerprint density at radius 3 is 2.96 bits per heavy atom. The maximum atomic E-state index is 13.8. The number of halogens is 1. The average Bonchev–Trinajstić information content (AvgIpc) is 3.01. The minimum absolute atomic E-state index is 0.147. The van der Waals surface area contributed by atoms with Crippen molar-refractivity contribution in [1.82, 2.24) is 20.0 Å². The molecule has 0 spiro atoms. The van der Waals surface area contributed by atoms with Gasteiger partial charge in [0.1, 0.15) is 5.82 Å². The quantitative estimate of drug-likeness (QED) is 0.805. The second-order valence-corrected chi connectivity index (χ2v) is 7.04. The summed E-state index contributed by atoms with van der Waals surface area (Å²) < 4.78 is 20.7. The van der Waals surface area contributed by atoms with E-state index in [1.165, 1.54) is 6.07 Å². The number of nitrogens with one attached hydrogen (secondary N) is 1. The molecule has 0 aliphatic heterocycles. The molecule has 7 heteroatoms. The third-order valence-electron chi connectivity index (χ3n) is 5.31. The molecule has 0 fully saturated rings. The van der Waals surface area contributed by atoms with Crippen molar-refractivity contribution >= 4 is 5.91 Å². The molecule has 1 aromatic heterocycles. The van der Waals surface area contributed by atoms with Gasteiger partial charge < -0.3 is 15.0 Å². The van der Waals surface area contributed by atoms with Crippen LogP contribution in [0.15, 0.2) is 24.3 Å². The molecule has 1 N–H and O–H groups in total. The smallest absolute Gasteiger partial charge is 0.272 e. The lowest BCUT2D eigenvalue weighted by Gasteiger charge is -2.31. The molecular weight excluding hydrogens is 347 g/mol. The third-order valence-corrected chi connectivity index (χ3v) is 5.31. The van der Waals surface area contributed by atoms with Gasteiger partial charge in [-0.05, 0) is 32.4 Å². The number of ether oxygens (including phenoxy) is 1. The number of rotatable bonds is 7. The monoisotopic (exact) mass is 374 g/mol. The number of carbonyl (C=O) groups is 1. The molecule has 0 radical (unpaired) electrons. The van der Waals surface area contributed by atoms with Crippen LogP contribution >= 0.6 is 0 Å². The first-order valence-electron chi connectivity index (χ1n) is 9.26. The second-order valence-electron chi connectivity index (χ2n) is 7.04. The summed E-state index contributed by atoms with van der Waals surface area (Å²) in [4.78, 5) is 15.0. The zero-order valence-electron chi connectivity index (χ0n) is 16.2. The minimum Gasteiger partial charge on any atom is -0.383 e. The van der Waals surface area contributed by atoms with Crippen LogP contribution in [-0.4, -0.2) is 53.9 Å². The van der Waals surface area contributed by atoms with Crippen LogP contribution in [0.3, 0.4) is 0 Å². The van der Waals surface area contributed by atoms with Gasteiger partial charge >= 0.3 is 0 Å². The highest BCUT2D eigenvalue weighted by Gasteiger charge is 2.29. The Kier molecular flexibility index (Phi) is 6.23. The van der Waals surface area contributed by atoms with Crippen molar-refractivity contribution in [2.24, 2.45) is 7.05 Å². The number of hydrogen-bond acceptors (Lipinski definition) is 4. The Hall–Kier alpha value is -2.25. The Bertz CT molecular complexity index is 805. The number of fused-ring (bicyclic) bond motifs is 1. The lowest BCUT2D eigenvalue weighted by molar-refractivity contribution is 0.0942. The van der Waals surface area contributed by atoms with Crippen LogP contribution in [0.1, 0.15) is 33.7 Å². The van der Waals surface area contributed by atoms with E-state index in [1.807, 2.05) is 7.05 Å². The maximum Gasteiger partial charge on any atom is 0.272 e. The summed E-state index contributed by atoms with van der Waals surface area (Å²) in [5, 5.41) is 7.26. The van der Waals surface area contributed by atoms with E-state index in [0.29, 0.717) is 23.9 Å². The minimum atomic E-state index is -0.319. The van der Waals surface area contributed by atoms with Crippen molar-refractivity contribution in [3.63, 3.8) is 0 Å². The molecule has 1 heterocycles. The molecule has 6 nitrogen and oxygen atoms in total. The number of benzene rings is 1. The lowest BCUT2D eigenvalue weighted by Crippen LogP contribution is -2.39. The van der Waals surface area contributed by atoms with E-state index in [9.17, 15) is 9.18 Å². The summed E-state index contributed by atoms with van der Waals surface area (Å²) in [6.45, 7) is 1.68. The molecule has 1 atom stereocenters. The normalized spacial score (nSPS) is 16.4. The first kappa shape index (κ1) is 19.5. The number of aromatic nitrogens is 2. The van der Waals surface area contributed by atoms with E-state index in [1.54, 1.807) is 30.0 Å². The highest BCUT2D eigenvalue weighted by Crippen LogP contribution is 2.26. The van der Waals surface area contributed by atoms with Crippen molar-refractivity contribution in [2.45, 2.75) is 31.8 Å². The van der Waals surface area contributed by atoms with Crippen LogP contribution in [0.2, 0.25) is 0 Å². The first-order chi connectivity index (χ1) is 13.0. The fourth-order valence-corrected chi connectivity index (χ4v) is 3.65. The van der Waals surface area contributed by atoms with Gasteiger partial charge in [-0.1, -0.05) is 18.2 Å². The zero-order chi connectivity index (χ0) is 19.4. The van der Waals surface area contributed by atoms with E-state index in [4.69, 9.17) is 4.74 Å². The Labute approximate surface area is 159 Å². The van der Waals surface area contributed by atoms with Crippen molar-refractivity contribution in [2.75, 3.05) is 27.3 Å². The van der Waals surface area contributed by atoms with Crippen LogP contribution < -0.4 is 5.32 Å². The predicted molar refractivity (Wildman–Crippen MR) is 101 cm³/mol. The summed E-state index contributed by atoms with van der Waals surface area (Å²) in [6.07, 6.45) is 2.70. The standard InChI is InChI=1S/C20H27FN4O2/c1-24(10-11-27-3)15-8-9-18-16(12-15)19(23-25(18)2)20(26)22-13-14-6-4-5-7-17(14)21/h4-7,15H,8-13H2,1-3H3,(H,22,26). The topological polar surface area (TPSA) is 59.4 Å². The molecule has 1 aliphatic rings. The summed E-state index contributed by atoms with van der Waals surface area (Å²) in [5.41, 5.74) is 3.04. The number of aryl methyl sites for hydroxylation is 1. The van der Waals surface area contributed by atoms with Crippen molar-refractivity contribution in [3.05, 3.63) is 52.6 Å². The number of nitrogens with zero attached hydrogens (tertiary/aromatic N) is 3. The van der Waals surface area contributed by atoms with Crippen molar-refractivity contribution in [3.8, 4) is 0 Å². The van der Waals surface area contributed by atoms with Gasteiger partial charge in [0.25, 0.3) is 5.91 Å². The molecule has 1 amide bonds. The molecule has 27 heavy (non-hydrogen) atoms. The van der Waals surface area contributed by atoms with Gasteiger partial charge in [0.15, 0.2) is 5.69 Å². The average molecular weight is 374 g/mol. The fourth-order valence-electron chi connectivity index (χ4n) is 3.65. The lowest BCUT2D eigenvalue weighted by atomic mass is 9.90. The molecule has 0 bridgehead atoms. The Morgan fingerprint density at radius 1 is 1.44 bits per heavy atom. The van der Waals surface area contributed by atoms with E-state index in [0.717, 1.165) is 37.1 Å². The summed E-state index contributed by atoms with van der Waals surface area (Å²) >= 11 is 0. The van der Waals surface area contributed by atoms with Crippen LogP contribution in [0, 0.1) is 5.82 Å². The van der Waals surface area contributed by atoms with Crippen LogP contribution in [0.25, 0.3) is 0 Å². The number of amides is 1. The number of hydrogen-bond donors (Lipinski definition) is 1. The highest BCUT2D eigenvalue weighted by atomic mass is 19.1. The summed E-state index contributed by atoms with van der Waals surface area (Å²) in [5.74, 6) is -0.573. The molecule has 0 saturated heterocycles. The predicted octanol–water partition coefficient (Wildman–Crippen LogP) is 1.92. The first-order valence-corrected chi connectivity index (χ1v) is 9.26. The second kappa shape index (κ2) is 8.63. The number of likely N-dealkylation sites (N-methyl/N-ethyl adjacent to an activating group) is 1. The largest absolute Gasteiger partial charge is 0.383 e. The van der Waals surface area contributed by atoms with Crippen LogP contribution in [0.5, 0.6) is 0 Å². The van der Waals surface area contributed by atoms with Gasteiger partial charge in [-0.15, -0.1) is 0 Å². The van der Waals surface area contributed by atoms with Crippen molar-refractivity contribution < 1.29 is 13.9 Å². The van der Waals surface area contributed by atoms with E-state index < -0.39 is 0 Å². The summed E-state index contributed by atoms with van der Waals surface area (Å²) in [7, 11) is 5.66. The van der Waals surface area contributed by atoms with Gasteiger partial charge in [0.05, 0.1) is 6.61 Å². The van der Waals surface area contributed by atoms with E-state index >= 15 is 0 Å². The van der Waals surface area contributed by atoms with E-state index in [2.05, 4.69) is 22.4 Å². The summed E-state index contributed by atoms with van der Waals surface area (Å²) in [6, 6.07) is 6.81. The fraction of sp³-hybridized carbons (Fsp3) is 0.500. The number of methoxy groups -OCH3 is 1. The van der Waals surface area contributed by atoms with Gasteiger partial charge in [-0.3, -0.25) is 9.48 Å². The van der Waals surface area contributed by atoms with Crippen LogP contribution in [0.4, 0.5) is 4.39 Å². The highest BCUT2D eigenvalue weighted by molar-refractivity contribution is 5.94. The third kappa shape index (κ3) is 4.36.